The highest BCUT2D eigenvalue weighted by atomic mass is 32.1. The summed E-state index contributed by atoms with van der Waals surface area (Å²) in [6.07, 6.45) is 10.1. The van der Waals surface area contributed by atoms with Gasteiger partial charge in [-0.05, 0) is 68.0 Å². The van der Waals surface area contributed by atoms with Crippen molar-refractivity contribution in [1.82, 2.24) is 20.0 Å². The van der Waals surface area contributed by atoms with E-state index < -0.39 is 0 Å². The van der Waals surface area contributed by atoms with Crippen molar-refractivity contribution in [1.29, 1.82) is 0 Å². The number of fused-ring (bicyclic) bond motifs is 6. The summed E-state index contributed by atoms with van der Waals surface area (Å²) in [7, 11) is 0. The molecule has 4 atom stereocenters. The van der Waals surface area contributed by atoms with Crippen LogP contribution in [0.1, 0.15) is 49.0 Å². The fraction of sp³-hybridized carbons (Fsp3) is 0.565. The average Bonchev–Trinajstić information content (AvgIpc) is 3.45. The Morgan fingerprint density at radius 3 is 3.10 bits per heavy atom. The molecule has 29 heavy (non-hydrogen) atoms. The van der Waals surface area contributed by atoms with Crippen LogP contribution < -0.4 is 0 Å². The molecule has 2 aromatic heterocycles. The largest absolute Gasteiger partial charge is 0.330 e. The summed E-state index contributed by atoms with van der Waals surface area (Å²) in [5.74, 6) is 1.40. The normalized spacial score (nSPS) is 31.7. The Labute approximate surface area is 175 Å². The lowest BCUT2D eigenvalue weighted by Gasteiger charge is -2.54. The molecule has 4 aliphatic rings. The summed E-state index contributed by atoms with van der Waals surface area (Å²) in [5.41, 5.74) is 4.10. The number of piperidine rings is 3. The Morgan fingerprint density at radius 1 is 1.24 bits per heavy atom. The number of amides is 1. The first-order valence-corrected chi connectivity index (χ1v) is 12.1. The smallest absolute Gasteiger partial charge is 0.272 e. The van der Waals surface area contributed by atoms with Crippen LogP contribution in [0.4, 0.5) is 0 Å². The molecule has 5 heterocycles. The van der Waals surface area contributed by atoms with Crippen molar-refractivity contribution < 1.29 is 4.79 Å². The van der Waals surface area contributed by atoms with Crippen LogP contribution in [0.5, 0.6) is 0 Å². The number of likely N-dealkylation sites (tertiary alicyclic amines) is 1. The maximum atomic E-state index is 13.5. The van der Waals surface area contributed by atoms with Gasteiger partial charge in [-0.3, -0.25) is 14.8 Å². The molecule has 1 aliphatic carbocycles. The van der Waals surface area contributed by atoms with Gasteiger partial charge in [-0.2, -0.15) is 16.4 Å². The zero-order valence-corrected chi connectivity index (χ0v) is 17.5. The van der Waals surface area contributed by atoms with Crippen molar-refractivity contribution >= 4 is 17.2 Å². The van der Waals surface area contributed by atoms with Gasteiger partial charge in [0.15, 0.2) is 0 Å². The summed E-state index contributed by atoms with van der Waals surface area (Å²) in [6, 6.07) is 5.01. The number of carbonyl (C=O) groups is 1. The molecule has 0 spiro atoms. The Morgan fingerprint density at radius 2 is 2.21 bits per heavy atom. The first-order chi connectivity index (χ1) is 14.3. The van der Waals surface area contributed by atoms with Crippen molar-refractivity contribution in [2.75, 3.05) is 19.6 Å². The Kier molecular flexibility index (Phi) is 4.38. The molecule has 0 aromatic carbocycles. The van der Waals surface area contributed by atoms with Gasteiger partial charge in [-0.15, -0.1) is 0 Å². The summed E-state index contributed by atoms with van der Waals surface area (Å²) < 4.78 is 0. The minimum Gasteiger partial charge on any atom is -0.330 e. The lowest BCUT2D eigenvalue weighted by atomic mass is 9.68. The molecule has 0 unspecified atom stereocenters. The second kappa shape index (κ2) is 7.10. The topological polar surface area (TPSA) is 52.2 Å². The first-order valence-electron chi connectivity index (χ1n) is 11.1. The predicted octanol–water partition coefficient (Wildman–Crippen LogP) is 4.17. The molecule has 1 amide bonds. The van der Waals surface area contributed by atoms with Gasteiger partial charge in [-0.1, -0.05) is 18.1 Å². The summed E-state index contributed by atoms with van der Waals surface area (Å²) in [4.78, 5) is 18.4. The molecular formula is C23H28N4OS. The minimum atomic E-state index is 0.119. The van der Waals surface area contributed by atoms with Crippen LogP contribution in [0.15, 0.2) is 34.5 Å². The number of aromatic amines is 1. The zero-order chi connectivity index (χ0) is 19.4. The number of nitrogens with zero attached hydrogens (tertiary/aromatic N) is 3. The standard InChI is InChI=1S/C23H28N4OS/c28-23(20-12-19(24-25-20)16-6-9-29-14-16)27-8-3-4-15-10-17-11-18(22(15)27)13-26-7-2-1-5-21(17)26/h6,9-10,12,14,17-18,21-22H,1-5,7-8,11,13H2,(H,24,25)/t17-,18-,21+,22+/m0/s1. The maximum absolute atomic E-state index is 13.5. The molecular weight excluding hydrogens is 380 g/mol. The van der Waals surface area contributed by atoms with Crippen LogP contribution in [0.25, 0.3) is 11.3 Å². The van der Waals surface area contributed by atoms with Crippen molar-refractivity contribution in [2.45, 2.75) is 50.6 Å². The summed E-state index contributed by atoms with van der Waals surface area (Å²) in [5, 5.41) is 11.5. The van der Waals surface area contributed by atoms with Gasteiger partial charge in [0, 0.05) is 30.1 Å². The lowest BCUT2D eigenvalue weighted by molar-refractivity contribution is 0.00131. The highest BCUT2D eigenvalue weighted by Crippen LogP contribution is 2.45. The van der Waals surface area contributed by atoms with Gasteiger partial charge < -0.3 is 4.90 Å². The van der Waals surface area contributed by atoms with E-state index in [2.05, 4.69) is 37.5 Å². The molecule has 2 aromatic rings. The SMILES string of the molecule is O=C(c1cc(-c2ccsc2)n[nH]1)N1CCCC2=C[C@H]3C[C@@H](CN4CCCC[C@H]34)[C@@H]21. The number of carbonyl (C=O) groups excluding carboxylic acids is 1. The second-order valence-electron chi connectivity index (χ2n) is 9.19. The Hall–Kier alpha value is -1.92. The van der Waals surface area contributed by atoms with E-state index in [0.29, 0.717) is 17.5 Å². The van der Waals surface area contributed by atoms with Crippen molar-refractivity contribution in [3.63, 3.8) is 0 Å². The van der Waals surface area contributed by atoms with Gasteiger partial charge >= 0.3 is 0 Å². The Bertz CT molecular complexity index is 933. The van der Waals surface area contributed by atoms with Crippen LogP contribution in [-0.2, 0) is 0 Å². The third kappa shape index (κ3) is 2.99. The van der Waals surface area contributed by atoms with E-state index in [-0.39, 0.29) is 11.9 Å². The second-order valence-corrected chi connectivity index (χ2v) is 9.97. The Balaban J connectivity index is 1.29. The van der Waals surface area contributed by atoms with E-state index >= 15 is 0 Å². The number of hydrogen-bond donors (Lipinski definition) is 1. The van der Waals surface area contributed by atoms with Crippen molar-refractivity contribution in [3.05, 3.63) is 40.2 Å². The molecule has 2 bridgehead atoms. The molecule has 3 aliphatic heterocycles. The summed E-state index contributed by atoms with van der Waals surface area (Å²) in [6.45, 7) is 3.26. The molecule has 0 radical (unpaired) electrons. The van der Waals surface area contributed by atoms with Crippen LogP contribution >= 0.6 is 11.3 Å². The number of aromatic nitrogens is 2. The first kappa shape index (κ1) is 17.9. The van der Waals surface area contributed by atoms with E-state index in [1.54, 1.807) is 11.3 Å². The van der Waals surface area contributed by atoms with Gasteiger partial charge in [0.05, 0.1) is 11.7 Å². The minimum absolute atomic E-state index is 0.119. The van der Waals surface area contributed by atoms with E-state index in [4.69, 9.17) is 0 Å². The zero-order valence-electron chi connectivity index (χ0n) is 16.7. The van der Waals surface area contributed by atoms with E-state index in [0.717, 1.165) is 43.2 Å². The quantitative estimate of drug-likeness (QED) is 0.759. The van der Waals surface area contributed by atoms with E-state index in [1.165, 1.54) is 37.8 Å². The number of H-pyrrole nitrogens is 1. The predicted molar refractivity (Wildman–Crippen MR) is 115 cm³/mol. The number of nitrogens with one attached hydrogen (secondary N) is 1. The highest BCUT2D eigenvalue weighted by Gasteiger charge is 2.47. The number of rotatable bonds is 2. The molecule has 0 saturated carbocycles. The van der Waals surface area contributed by atoms with Gasteiger partial charge in [0.25, 0.3) is 5.91 Å². The van der Waals surface area contributed by atoms with Gasteiger partial charge in [-0.25, -0.2) is 0 Å². The van der Waals surface area contributed by atoms with Crippen LogP contribution in [0.3, 0.4) is 0 Å². The van der Waals surface area contributed by atoms with Crippen LogP contribution in [0, 0.1) is 11.8 Å². The van der Waals surface area contributed by atoms with Crippen LogP contribution in [0.2, 0.25) is 0 Å². The molecule has 152 valence electrons. The third-order valence-electron chi connectivity index (χ3n) is 7.54. The monoisotopic (exact) mass is 408 g/mol. The van der Waals surface area contributed by atoms with Gasteiger partial charge in [0.2, 0.25) is 0 Å². The van der Waals surface area contributed by atoms with Gasteiger partial charge in [0.1, 0.15) is 5.69 Å². The average molecular weight is 409 g/mol. The van der Waals surface area contributed by atoms with Crippen molar-refractivity contribution in [3.8, 4) is 11.3 Å². The molecule has 3 saturated heterocycles. The van der Waals surface area contributed by atoms with E-state index in [9.17, 15) is 4.79 Å². The molecule has 6 heteroatoms. The number of thiophene rings is 1. The molecule has 3 fully saturated rings. The number of hydrogen-bond acceptors (Lipinski definition) is 4. The maximum Gasteiger partial charge on any atom is 0.272 e. The molecule has 6 rings (SSSR count). The summed E-state index contributed by atoms with van der Waals surface area (Å²) >= 11 is 1.65. The third-order valence-corrected chi connectivity index (χ3v) is 8.23. The molecule has 1 N–H and O–H groups in total. The van der Waals surface area contributed by atoms with E-state index in [1.807, 2.05) is 11.4 Å². The van der Waals surface area contributed by atoms with Crippen LogP contribution in [-0.4, -0.2) is 57.6 Å². The fourth-order valence-electron chi connectivity index (χ4n) is 6.35. The van der Waals surface area contributed by atoms with Crippen molar-refractivity contribution in [2.24, 2.45) is 11.8 Å². The molecule has 5 nitrogen and oxygen atoms in total. The lowest BCUT2D eigenvalue weighted by Crippen LogP contribution is -2.60. The highest BCUT2D eigenvalue weighted by molar-refractivity contribution is 7.08. The fourth-order valence-corrected chi connectivity index (χ4v) is 6.99.